The molecule has 0 bridgehead atoms. The summed E-state index contributed by atoms with van der Waals surface area (Å²) in [6.07, 6.45) is 3.65. The molecule has 1 amide bonds. The van der Waals surface area contributed by atoms with Gasteiger partial charge in [-0.25, -0.2) is 0 Å². The summed E-state index contributed by atoms with van der Waals surface area (Å²) < 4.78 is 1.50. The van der Waals surface area contributed by atoms with Gasteiger partial charge in [0.2, 0.25) is 5.91 Å². The smallest absolute Gasteiger partial charge is 0.312 e. The number of hydrogen-bond acceptors (Lipinski definition) is 5. The van der Waals surface area contributed by atoms with Crippen LogP contribution in [0.1, 0.15) is 43.5 Å². The molecule has 0 aromatic carbocycles. The minimum absolute atomic E-state index is 0.00562. The zero-order valence-corrected chi connectivity index (χ0v) is 13.9. The summed E-state index contributed by atoms with van der Waals surface area (Å²) in [5.41, 5.74) is 0.0542. The van der Waals surface area contributed by atoms with Crippen molar-refractivity contribution in [3.8, 4) is 0 Å². The molecule has 1 aromatic heterocycles. The van der Waals surface area contributed by atoms with E-state index in [4.69, 9.17) is 0 Å². The topological polar surface area (TPSA) is 102 Å². The van der Waals surface area contributed by atoms with E-state index in [0.717, 1.165) is 25.7 Å². The number of amides is 1. The summed E-state index contributed by atoms with van der Waals surface area (Å²) in [6, 6.07) is 0. The van der Waals surface area contributed by atoms with Gasteiger partial charge >= 0.3 is 5.69 Å². The van der Waals surface area contributed by atoms with Crippen molar-refractivity contribution in [1.29, 1.82) is 0 Å². The van der Waals surface area contributed by atoms with Crippen molar-refractivity contribution in [2.24, 2.45) is 0 Å². The highest BCUT2D eigenvalue weighted by Crippen LogP contribution is 2.30. The molecule has 1 aromatic rings. The molecule has 0 radical (unpaired) electrons. The second kappa shape index (κ2) is 6.66. The lowest BCUT2D eigenvalue weighted by Gasteiger charge is -2.28. The van der Waals surface area contributed by atoms with Crippen LogP contribution in [0.4, 0.5) is 5.69 Å². The van der Waals surface area contributed by atoms with E-state index in [1.807, 2.05) is 0 Å². The van der Waals surface area contributed by atoms with E-state index in [9.17, 15) is 20.0 Å². The zero-order chi connectivity index (χ0) is 17.2. The third-order valence-electron chi connectivity index (χ3n) is 4.55. The minimum Gasteiger partial charge on any atom is -0.388 e. The SMILES string of the molecule is Cc1nn(CCC(=O)N(C)CC2(O)CCCC2)c(C)c1[N+](=O)[O-]. The molecule has 1 fully saturated rings. The van der Waals surface area contributed by atoms with Gasteiger partial charge in [0.05, 0.1) is 17.1 Å². The third kappa shape index (κ3) is 3.87. The Morgan fingerprint density at radius 1 is 1.43 bits per heavy atom. The number of aliphatic hydroxyl groups is 1. The Morgan fingerprint density at radius 3 is 2.57 bits per heavy atom. The summed E-state index contributed by atoms with van der Waals surface area (Å²) in [7, 11) is 1.68. The second-order valence-electron chi connectivity index (χ2n) is 6.43. The van der Waals surface area contributed by atoms with Crippen LogP contribution in [-0.4, -0.2) is 49.8 Å². The first kappa shape index (κ1) is 17.4. The van der Waals surface area contributed by atoms with Crippen LogP contribution in [0.15, 0.2) is 0 Å². The molecule has 1 aliphatic rings. The molecule has 0 atom stereocenters. The van der Waals surface area contributed by atoms with Gasteiger partial charge < -0.3 is 10.0 Å². The molecule has 0 aliphatic heterocycles. The lowest BCUT2D eigenvalue weighted by atomic mass is 10.0. The standard InChI is InChI=1S/C15H24N4O4/c1-11-14(19(22)23)12(2)18(16-11)9-6-13(20)17(3)10-15(21)7-4-5-8-15/h21H,4-10H2,1-3H3. The summed E-state index contributed by atoms with van der Waals surface area (Å²) in [4.78, 5) is 24.3. The molecule has 0 spiro atoms. The van der Waals surface area contributed by atoms with E-state index in [1.54, 1.807) is 25.8 Å². The summed E-state index contributed by atoms with van der Waals surface area (Å²) >= 11 is 0. The normalized spacial score (nSPS) is 16.5. The van der Waals surface area contributed by atoms with Crippen molar-refractivity contribution in [2.75, 3.05) is 13.6 Å². The van der Waals surface area contributed by atoms with Gasteiger partial charge in [-0.3, -0.25) is 19.6 Å². The van der Waals surface area contributed by atoms with E-state index >= 15 is 0 Å². The van der Waals surface area contributed by atoms with Gasteiger partial charge in [0.25, 0.3) is 0 Å². The molecule has 23 heavy (non-hydrogen) atoms. The number of nitro groups is 1. The quantitative estimate of drug-likeness (QED) is 0.632. The molecule has 8 heteroatoms. The van der Waals surface area contributed by atoms with Gasteiger partial charge in [0.1, 0.15) is 11.4 Å². The van der Waals surface area contributed by atoms with Gasteiger partial charge in [-0.05, 0) is 26.7 Å². The van der Waals surface area contributed by atoms with E-state index < -0.39 is 10.5 Å². The monoisotopic (exact) mass is 324 g/mol. The predicted octanol–water partition coefficient (Wildman–Crippen LogP) is 1.56. The van der Waals surface area contributed by atoms with Crippen LogP contribution < -0.4 is 0 Å². The first-order valence-electron chi connectivity index (χ1n) is 7.88. The number of likely N-dealkylation sites (N-methyl/N-ethyl adjacent to an activating group) is 1. The summed E-state index contributed by atoms with van der Waals surface area (Å²) in [5.74, 6) is -0.0967. The maximum Gasteiger partial charge on any atom is 0.312 e. The molecule has 1 aliphatic carbocycles. The van der Waals surface area contributed by atoms with Crippen LogP contribution in [0.5, 0.6) is 0 Å². The number of rotatable bonds is 6. The lowest BCUT2D eigenvalue weighted by Crippen LogP contribution is -2.42. The number of carbonyl (C=O) groups is 1. The fourth-order valence-electron chi connectivity index (χ4n) is 3.28. The number of aryl methyl sites for hydroxylation is 2. The average Bonchev–Trinajstić information content (AvgIpc) is 3.00. The third-order valence-corrected chi connectivity index (χ3v) is 4.55. The summed E-state index contributed by atoms with van der Waals surface area (Å²) in [6.45, 7) is 3.85. The molecule has 0 saturated heterocycles. The fraction of sp³-hybridized carbons (Fsp3) is 0.733. The van der Waals surface area contributed by atoms with E-state index in [-0.39, 0.29) is 18.0 Å². The number of aromatic nitrogens is 2. The van der Waals surface area contributed by atoms with Crippen LogP contribution in [-0.2, 0) is 11.3 Å². The highest BCUT2D eigenvalue weighted by molar-refractivity contribution is 5.75. The Labute approximate surface area is 135 Å². The van der Waals surface area contributed by atoms with E-state index in [2.05, 4.69) is 5.10 Å². The van der Waals surface area contributed by atoms with Crippen molar-refractivity contribution in [3.63, 3.8) is 0 Å². The van der Waals surface area contributed by atoms with Crippen molar-refractivity contribution in [3.05, 3.63) is 21.5 Å². The number of nitrogens with zero attached hydrogens (tertiary/aromatic N) is 4. The fourth-order valence-corrected chi connectivity index (χ4v) is 3.28. The van der Waals surface area contributed by atoms with E-state index in [0.29, 0.717) is 24.5 Å². The van der Waals surface area contributed by atoms with Crippen molar-refractivity contribution >= 4 is 11.6 Å². The molecular weight excluding hydrogens is 300 g/mol. The first-order valence-corrected chi connectivity index (χ1v) is 7.88. The van der Waals surface area contributed by atoms with Crippen molar-refractivity contribution in [2.45, 2.75) is 58.1 Å². The maximum atomic E-state index is 12.2. The Hall–Kier alpha value is -1.96. The van der Waals surface area contributed by atoms with Gasteiger partial charge in [-0.15, -0.1) is 0 Å². The van der Waals surface area contributed by atoms with Crippen LogP contribution in [0.2, 0.25) is 0 Å². The second-order valence-corrected chi connectivity index (χ2v) is 6.43. The molecule has 1 saturated carbocycles. The molecule has 1 heterocycles. The van der Waals surface area contributed by atoms with E-state index in [1.165, 1.54) is 4.68 Å². The van der Waals surface area contributed by atoms with Crippen molar-refractivity contribution < 1.29 is 14.8 Å². The number of carbonyl (C=O) groups excluding carboxylic acids is 1. The van der Waals surface area contributed by atoms with Gasteiger partial charge in [0.15, 0.2) is 0 Å². The van der Waals surface area contributed by atoms with Gasteiger partial charge in [-0.2, -0.15) is 5.10 Å². The zero-order valence-electron chi connectivity index (χ0n) is 13.9. The minimum atomic E-state index is -0.762. The molecular formula is C15H24N4O4. The molecule has 8 nitrogen and oxygen atoms in total. The maximum absolute atomic E-state index is 12.2. The Morgan fingerprint density at radius 2 is 2.04 bits per heavy atom. The first-order chi connectivity index (χ1) is 10.7. The predicted molar refractivity (Wildman–Crippen MR) is 84.0 cm³/mol. The largest absolute Gasteiger partial charge is 0.388 e. The van der Waals surface area contributed by atoms with Crippen LogP contribution in [0.25, 0.3) is 0 Å². The lowest BCUT2D eigenvalue weighted by molar-refractivity contribution is -0.386. The van der Waals surface area contributed by atoms with Crippen LogP contribution in [0, 0.1) is 24.0 Å². The highest BCUT2D eigenvalue weighted by Gasteiger charge is 2.33. The molecule has 0 unspecified atom stereocenters. The Bertz CT molecular complexity index is 605. The Balaban J connectivity index is 1.94. The van der Waals surface area contributed by atoms with Gasteiger partial charge in [-0.1, -0.05) is 12.8 Å². The molecule has 1 N–H and O–H groups in total. The summed E-state index contributed by atoms with van der Waals surface area (Å²) in [5, 5.41) is 25.5. The van der Waals surface area contributed by atoms with Crippen LogP contribution in [0.3, 0.4) is 0 Å². The molecule has 128 valence electrons. The van der Waals surface area contributed by atoms with Crippen molar-refractivity contribution in [1.82, 2.24) is 14.7 Å². The highest BCUT2D eigenvalue weighted by atomic mass is 16.6. The number of hydrogen-bond donors (Lipinski definition) is 1. The van der Waals surface area contributed by atoms with Crippen LogP contribution >= 0.6 is 0 Å². The Kier molecular flexibility index (Phi) is 5.03. The van der Waals surface area contributed by atoms with Gasteiger partial charge in [0, 0.05) is 20.0 Å². The average molecular weight is 324 g/mol. The molecule has 2 rings (SSSR count).